The van der Waals surface area contributed by atoms with E-state index in [9.17, 15) is 14.4 Å². The molecule has 4 heteroatoms. The second-order valence-corrected chi connectivity index (χ2v) is 16.8. The topological polar surface area (TPSA) is 60.4 Å². The molecule has 0 N–H and O–H groups in total. The highest BCUT2D eigenvalue weighted by Crippen LogP contribution is 2.63. The van der Waals surface area contributed by atoms with E-state index in [0.29, 0.717) is 31.0 Å². The summed E-state index contributed by atoms with van der Waals surface area (Å²) in [6, 6.07) is 0. The lowest BCUT2D eigenvalue weighted by atomic mass is 9.48. The van der Waals surface area contributed by atoms with Crippen molar-refractivity contribution in [3.05, 3.63) is 11.6 Å². The Morgan fingerprint density at radius 2 is 1.13 bits per heavy atom. The number of rotatable bonds is 23. The van der Waals surface area contributed by atoms with E-state index in [0.717, 1.165) is 44.9 Å². The van der Waals surface area contributed by atoms with Crippen LogP contribution in [0.2, 0.25) is 0 Å². The first kappa shape index (κ1) is 38.4. The fraction of sp³-hybridized carbons (Fsp3) is 0.884. The van der Waals surface area contributed by atoms with E-state index < -0.39 is 0 Å². The van der Waals surface area contributed by atoms with Crippen LogP contribution in [0.4, 0.5) is 0 Å². The van der Waals surface area contributed by atoms with Crippen molar-refractivity contribution in [2.45, 2.75) is 213 Å². The van der Waals surface area contributed by atoms with Crippen LogP contribution in [0.25, 0.3) is 0 Å². The second-order valence-electron chi connectivity index (χ2n) is 16.8. The third kappa shape index (κ3) is 10.8. The molecule has 0 aromatic rings. The highest BCUT2D eigenvalue weighted by Gasteiger charge is 2.61. The molecule has 0 bridgehead atoms. The first-order valence-corrected chi connectivity index (χ1v) is 20.8. The number of hydrogen-bond acceptors (Lipinski definition) is 4. The van der Waals surface area contributed by atoms with Gasteiger partial charge in [-0.25, -0.2) is 0 Å². The summed E-state index contributed by atoms with van der Waals surface area (Å²) in [5.41, 5.74) is 0.910. The smallest absolute Gasteiger partial charge is 0.306 e. The average Bonchev–Trinajstić information content (AvgIpc) is 3.36. The van der Waals surface area contributed by atoms with Crippen molar-refractivity contribution < 1.29 is 19.1 Å². The van der Waals surface area contributed by atoms with Crippen LogP contribution in [-0.2, 0) is 19.1 Å². The fourth-order valence-corrected chi connectivity index (χ4v) is 10.2. The minimum absolute atomic E-state index is 0.000864. The third-order valence-electron chi connectivity index (χ3n) is 13.4. The van der Waals surface area contributed by atoms with Gasteiger partial charge in [0.1, 0.15) is 11.9 Å². The Bertz CT molecular complexity index is 1010. The van der Waals surface area contributed by atoms with Crippen LogP contribution in [0.5, 0.6) is 0 Å². The standard InChI is InChI=1S/C43H72O4/c1-4-5-6-7-8-9-10-11-12-13-14-15-16-17-18-19-20-21-22-23-24-25-40(46)47-35-28-30-42(2)34(32-35)33-38(44)41-36-26-27-39(45)43(36,3)31-29-37(41)42/h33,35-37,41H,4-32H2,1-3H3/t35-,36-,37-,41-,42-,43-/m0/s1. The van der Waals surface area contributed by atoms with Crippen LogP contribution in [0.1, 0.15) is 207 Å². The molecule has 47 heavy (non-hydrogen) atoms. The summed E-state index contributed by atoms with van der Waals surface area (Å²) in [5.74, 6) is 1.08. The van der Waals surface area contributed by atoms with E-state index in [-0.39, 0.29) is 40.5 Å². The van der Waals surface area contributed by atoms with Crippen LogP contribution in [-0.4, -0.2) is 23.6 Å². The predicted octanol–water partition coefficient (Wildman–Crippen LogP) is 12.2. The van der Waals surface area contributed by atoms with Gasteiger partial charge in [0.25, 0.3) is 0 Å². The monoisotopic (exact) mass is 653 g/mol. The number of ether oxygens (including phenoxy) is 1. The summed E-state index contributed by atoms with van der Waals surface area (Å²) in [6.07, 6.45) is 36.9. The number of Topliss-reactive ketones (excluding diaryl/α,β-unsaturated/α-hetero) is 1. The Hall–Kier alpha value is -1.45. The van der Waals surface area contributed by atoms with Crippen LogP contribution < -0.4 is 0 Å². The molecule has 0 amide bonds. The van der Waals surface area contributed by atoms with Crippen LogP contribution >= 0.6 is 0 Å². The summed E-state index contributed by atoms with van der Waals surface area (Å²) in [5, 5.41) is 0. The van der Waals surface area contributed by atoms with E-state index in [1.807, 2.05) is 6.08 Å². The van der Waals surface area contributed by atoms with Gasteiger partial charge in [0.2, 0.25) is 0 Å². The number of ketones is 2. The number of hydrogen-bond donors (Lipinski definition) is 0. The molecular formula is C43H72O4. The van der Waals surface area contributed by atoms with Crippen LogP contribution in [0.15, 0.2) is 11.6 Å². The van der Waals surface area contributed by atoms with Gasteiger partial charge in [-0.2, -0.15) is 0 Å². The lowest BCUT2D eigenvalue weighted by Crippen LogP contribution is -2.53. The highest BCUT2D eigenvalue weighted by atomic mass is 16.5. The molecule has 0 unspecified atom stereocenters. The van der Waals surface area contributed by atoms with Gasteiger partial charge in [-0.05, 0) is 61.9 Å². The number of fused-ring (bicyclic) bond motifs is 5. The van der Waals surface area contributed by atoms with Gasteiger partial charge < -0.3 is 4.74 Å². The summed E-state index contributed by atoms with van der Waals surface area (Å²) in [6.45, 7) is 6.76. The quantitative estimate of drug-likeness (QED) is 0.0814. The number of unbranched alkanes of at least 4 members (excludes halogenated alkanes) is 20. The molecular weight excluding hydrogens is 580 g/mol. The normalized spacial score (nSPS) is 30.1. The van der Waals surface area contributed by atoms with Gasteiger partial charge in [0.05, 0.1) is 0 Å². The van der Waals surface area contributed by atoms with Crippen molar-refractivity contribution >= 4 is 17.5 Å². The van der Waals surface area contributed by atoms with E-state index in [1.54, 1.807) is 0 Å². The molecule has 4 aliphatic rings. The Morgan fingerprint density at radius 3 is 1.66 bits per heavy atom. The van der Waals surface area contributed by atoms with Gasteiger partial charge in [0, 0.05) is 30.6 Å². The van der Waals surface area contributed by atoms with E-state index in [2.05, 4.69) is 20.8 Å². The maximum absolute atomic E-state index is 13.5. The first-order valence-electron chi connectivity index (χ1n) is 20.8. The molecule has 3 fully saturated rings. The minimum Gasteiger partial charge on any atom is -0.462 e. The fourth-order valence-electron chi connectivity index (χ4n) is 10.2. The van der Waals surface area contributed by atoms with Gasteiger partial charge in [-0.3, -0.25) is 14.4 Å². The molecule has 3 saturated carbocycles. The molecule has 6 atom stereocenters. The van der Waals surface area contributed by atoms with E-state index in [4.69, 9.17) is 4.74 Å². The van der Waals surface area contributed by atoms with Crippen LogP contribution in [0.3, 0.4) is 0 Å². The summed E-state index contributed by atoms with van der Waals surface area (Å²) in [7, 11) is 0. The van der Waals surface area contributed by atoms with Crippen molar-refractivity contribution in [2.24, 2.45) is 28.6 Å². The number of carbonyl (C=O) groups excluding carboxylic acids is 3. The van der Waals surface area contributed by atoms with Crippen molar-refractivity contribution in [3.8, 4) is 0 Å². The van der Waals surface area contributed by atoms with Crippen molar-refractivity contribution in [1.29, 1.82) is 0 Å². The summed E-state index contributed by atoms with van der Waals surface area (Å²) in [4.78, 5) is 38.9. The average molecular weight is 653 g/mol. The van der Waals surface area contributed by atoms with Crippen molar-refractivity contribution in [1.82, 2.24) is 0 Å². The largest absolute Gasteiger partial charge is 0.462 e. The number of carbonyl (C=O) groups is 3. The molecule has 4 rings (SSSR count). The zero-order valence-corrected chi connectivity index (χ0v) is 31.0. The van der Waals surface area contributed by atoms with Gasteiger partial charge in [-0.15, -0.1) is 0 Å². The number of allylic oxidation sites excluding steroid dienone is 1. The molecule has 0 spiro atoms. The third-order valence-corrected chi connectivity index (χ3v) is 13.4. The molecule has 0 radical (unpaired) electrons. The first-order chi connectivity index (χ1) is 22.8. The highest BCUT2D eigenvalue weighted by molar-refractivity contribution is 5.96. The zero-order chi connectivity index (χ0) is 33.5. The van der Waals surface area contributed by atoms with E-state index >= 15 is 0 Å². The van der Waals surface area contributed by atoms with E-state index in [1.165, 1.54) is 128 Å². The second kappa shape index (κ2) is 19.7. The Labute approximate surface area is 289 Å². The Morgan fingerprint density at radius 1 is 0.660 bits per heavy atom. The molecule has 0 heterocycles. The van der Waals surface area contributed by atoms with Crippen molar-refractivity contribution in [2.75, 3.05) is 0 Å². The van der Waals surface area contributed by atoms with Crippen molar-refractivity contribution in [3.63, 3.8) is 0 Å². The molecule has 0 aromatic carbocycles. The zero-order valence-electron chi connectivity index (χ0n) is 31.0. The SMILES string of the molecule is CCCCCCCCCCCCCCCCCCCCCCCC(=O)O[C@H]1CC[C@@]2(C)C(=CC(=O)[C@@H]3[C@@H]2CC[C@]2(C)C(=O)CC[C@@H]32)C1. The van der Waals surface area contributed by atoms with Crippen LogP contribution in [0, 0.1) is 28.6 Å². The summed E-state index contributed by atoms with van der Waals surface area (Å²) < 4.78 is 5.96. The minimum atomic E-state index is -0.295. The lowest BCUT2D eigenvalue weighted by Gasteiger charge is -2.56. The lowest BCUT2D eigenvalue weighted by molar-refractivity contribution is -0.152. The predicted molar refractivity (Wildman–Crippen MR) is 194 cm³/mol. The molecule has 0 aliphatic heterocycles. The van der Waals surface area contributed by atoms with Gasteiger partial charge >= 0.3 is 5.97 Å². The maximum atomic E-state index is 13.5. The molecule has 0 aromatic heterocycles. The molecule has 4 nitrogen and oxygen atoms in total. The molecule has 4 aliphatic carbocycles. The Balaban J connectivity index is 0.971. The maximum Gasteiger partial charge on any atom is 0.306 e. The molecule has 0 saturated heterocycles. The number of esters is 1. The van der Waals surface area contributed by atoms with Gasteiger partial charge in [0.15, 0.2) is 5.78 Å². The summed E-state index contributed by atoms with van der Waals surface area (Å²) >= 11 is 0. The Kier molecular flexibility index (Phi) is 16.0. The molecule has 268 valence electrons. The van der Waals surface area contributed by atoms with Gasteiger partial charge in [-0.1, -0.05) is 155 Å².